The molecule has 6 heteroatoms. The largest absolute Gasteiger partial charge is 0.573 e. The van der Waals surface area contributed by atoms with Crippen LogP contribution in [0, 0.1) is 0 Å². The van der Waals surface area contributed by atoms with Crippen LogP contribution in [0.15, 0.2) is 30.5 Å². The predicted molar refractivity (Wildman–Crippen MR) is 52.8 cm³/mol. The summed E-state index contributed by atoms with van der Waals surface area (Å²) in [5.74, 6) is -0.350. The van der Waals surface area contributed by atoms with Gasteiger partial charge in [-0.2, -0.15) is 0 Å². The van der Waals surface area contributed by atoms with Crippen LogP contribution in [0.25, 0.3) is 10.9 Å². The summed E-state index contributed by atoms with van der Waals surface area (Å²) < 4.78 is 40.1. The summed E-state index contributed by atoms with van der Waals surface area (Å²) in [6.45, 7) is 0. The Morgan fingerprint density at radius 2 is 1.94 bits per heavy atom. The number of pyridine rings is 1. The number of anilines is 1. The molecule has 2 aromatic rings. The minimum atomic E-state index is -4.74. The van der Waals surface area contributed by atoms with Gasteiger partial charge in [0, 0.05) is 17.3 Å². The van der Waals surface area contributed by atoms with Gasteiger partial charge < -0.3 is 10.5 Å². The summed E-state index contributed by atoms with van der Waals surface area (Å²) in [7, 11) is 0. The van der Waals surface area contributed by atoms with E-state index in [4.69, 9.17) is 5.73 Å². The molecule has 0 atom stereocenters. The van der Waals surface area contributed by atoms with Gasteiger partial charge in [0.05, 0.1) is 0 Å². The van der Waals surface area contributed by atoms with Crippen LogP contribution < -0.4 is 10.5 Å². The lowest BCUT2D eigenvalue weighted by atomic mass is 10.2. The molecular weight excluding hydrogens is 221 g/mol. The number of alkyl halides is 3. The van der Waals surface area contributed by atoms with Crippen molar-refractivity contribution >= 4 is 16.6 Å². The van der Waals surface area contributed by atoms with Crippen molar-refractivity contribution in [2.45, 2.75) is 6.36 Å². The third-order valence-corrected chi connectivity index (χ3v) is 1.99. The van der Waals surface area contributed by atoms with Gasteiger partial charge in [0.1, 0.15) is 5.52 Å². The predicted octanol–water partition coefficient (Wildman–Crippen LogP) is 2.72. The lowest BCUT2D eigenvalue weighted by Gasteiger charge is -2.11. The Morgan fingerprint density at radius 3 is 2.62 bits per heavy atom. The monoisotopic (exact) mass is 228 g/mol. The van der Waals surface area contributed by atoms with Crippen LogP contribution in [0.1, 0.15) is 0 Å². The number of nitrogens with zero attached hydrogens (tertiary/aromatic N) is 1. The second kappa shape index (κ2) is 3.55. The fourth-order valence-electron chi connectivity index (χ4n) is 1.38. The molecule has 84 valence electrons. The zero-order valence-electron chi connectivity index (χ0n) is 7.95. The number of para-hydroxylation sites is 1. The van der Waals surface area contributed by atoms with Crippen LogP contribution in [-0.4, -0.2) is 11.3 Å². The first-order valence-corrected chi connectivity index (χ1v) is 4.36. The smallest absolute Gasteiger partial charge is 0.403 e. The Labute approximate surface area is 88.6 Å². The van der Waals surface area contributed by atoms with E-state index < -0.39 is 6.36 Å². The summed E-state index contributed by atoms with van der Waals surface area (Å²) >= 11 is 0. The van der Waals surface area contributed by atoms with E-state index in [0.29, 0.717) is 11.1 Å². The van der Waals surface area contributed by atoms with E-state index in [0.717, 1.165) is 0 Å². The van der Waals surface area contributed by atoms with Gasteiger partial charge in [0.25, 0.3) is 0 Å². The molecule has 0 aliphatic carbocycles. The van der Waals surface area contributed by atoms with Crippen molar-refractivity contribution in [3.8, 4) is 5.75 Å². The van der Waals surface area contributed by atoms with Crippen LogP contribution in [0.5, 0.6) is 5.75 Å². The van der Waals surface area contributed by atoms with Crippen LogP contribution in [0.4, 0.5) is 18.9 Å². The second-order valence-electron chi connectivity index (χ2n) is 3.10. The van der Waals surface area contributed by atoms with Gasteiger partial charge in [-0.1, -0.05) is 12.1 Å². The van der Waals surface area contributed by atoms with Crippen LogP contribution in [-0.2, 0) is 0 Å². The Kier molecular flexibility index (Phi) is 2.34. The number of benzene rings is 1. The lowest BCUT2D eigenvalue weighted by Crippen LogP contribution is -2.17. The van der Waals surface area contributed by atoms with Gasteiger partial charge in [0.2, 0.25) is 0 Å². The molecular formula is C10H7F3N2O. The SMILES string of the molecule is Nc1ccnc2c(OC(F)(F)F)cccc12. The van der Waals surface area contributed by atoms with Crippen molar-refractivity contribution in [1.82, 2.24) is 4.98 Å². The molecule has 3 nitrogen and oxygen atoms in total. The first kappa shape index (κ1) is 10.5. The number of fused-ring (bicyclic) bond motifs is 1. The van der Waals surface area contributed by atoms with Crippen LogP contribution in [0.3, 0.4) is 0 Å². The van der Waals surface area contributed by atoms with Gasteiger partial charge >= 0.3 is 6.36 Å². The van der Waals surface area contributed by atoms with Crippen LogP contribution >= 0.6 is 0 Å². The fraction of sp³-hybridized carbons (Fsp3) is 0.100. The van der Waals surface area contributed by atoms with Gasteiger partial charge in [-0.3, -0.25) is 4.98 Å². The van der Waals surface area contributed by atoms with Gasteiger partial charge in [-0.25, -0.2) is 0 Å². The standard InChI is InChI=1S/C10H7F3N2O/c11-10(12,13)16-8-3-1-2-6-7(14)4-5-15-9(6)8/h1-5H,(H2,14,15). The number of hydrogen-bond donors (Lipinski definition) is 1. The number of halogens is 3. The molecule has 0 bridgehead atoms. The summed E-state index contributed by atoms with van der Waals surface area (Å²) in [5.41, 5.74) is 6.07. The average Bonchev–Trinajstić information content (AvgIpc) is 2.17. The average molecular weight is 228 g/mol. The van der Waals surface area contributed by atoms with E-state index in [-0.39, 0.29) is 11.3 Å². The van der Waals surface area contributed by atoms with Crippen molar-refractivity contribution in [2.75, 3.05) is 5.73 Å². The van der Waals surface area contributed by atoms with E-state index in [1.165, 1.54) is 24.4 Å². The van der Waals surface area contributed by atoms with E-state index in [1.54, 1.807) is 6.07 Å². The van der Waals surface area contributed by atoms with E-state index in [2.05, 4.69) is 9.72 Å². The fourth-order valence-corrected chi connectivity index (χ4v) is 1.38. The maximum atomic E-state index is 12.1. The minimum Gasteiger partial charge on any atom is -0.403 e. The first-order chi connectivity index (χ1) is 7.47. The number of aromatic nitrogens is 1. The maximum Gasteiger partial charge on any atom is 0.573 e. The molecule has 0 aliphatic rings. The normalized spacial score (nSPS) is 11.7. The quantitative estimate of drug-likeness (QED) is 0.816. The molecule has 0 unspecified atom stereocenters. The summed E-state index contributed by atoms with van der Waals surface area (Å²) in [6.07, 6.45) is -3.40. The molecule has 1 aromatic carbocycles. The number of ether oxygens (including phenoxy) is 1. The first-order valence-electron chi connectivity index (χ1n) is 4.36. The topological polar surface area (TPSA) is 48.1 Å². The third-order valence-electron chi connectivity index (χ3n) is 1.99. The highest BCUT2D eigenvalue weighted by Crippen LogP contribution is 2.31. The number of hydrogen-bond acceptors (Lipinski definition) is 3. The summed E-state index contributed by atoms with van der Waals surface area (Å²) in [6, 6.07) is 5.73. The molecule has 0 saturated heterocycles. The molecule has 0 aliphatic heterocycles. The molecule has 1 aromatic heterocycles. The van der Waals surface area contributed by atoms with Crippen molar-refractivity contribution in [3.63, 3.8) is 0 Å². The van der Waals surface area contributed by atoms with Crippen molar-refractivity contribution < 1.29 is 17.9 Å². The molecule has 2 N–H and O–H groups in total. The molecule has 0 spiro atoms. The molecule has 2 rings (SSSR count). The van der Waals surface area contributed by atoms with Gasteiger partial charge in [-0.05, 0) is 12.1 Å². The van der Waals surface area contributed by atoms with E-state index in [1.807, 2.05) is 0 Å². The van der Waals surface area contributed by atoms with E-state index in [9.17, 15) is 13.2 Å². The highest BCUT2D eigenvalue weighted by Gasteiger charge is 2.32. The maximum absolute atomic E-state index is 12.1. The second-order valence-corrected chi connectivity index (χ2v) is 3.10. The Morgan fingerprint density at radius 1 is 1.19 bits per heavy atom. The van der Waals surface area contributed by atoms with Gasteiger partial charge in [0.15, 0.2) is 5.75 Å². The Bertz CT molecular complexity index is 525. The van der Waals surface area contributed by atoms with E-state index >= 15 is 0 Å². The highest BCUT2D eigenvalue weighted by atomic mass is 19.4. The lowest BCUT2D eigenvalue weighted by molar-refractivity contribution is -0.274. The Hall–Kier alpha value is -1.98. The van der Waals surface area contributed by atoms with Crippen molar-refractivity contribution in [3.05, 3.63) is 30.5 Å². The molecule has 1 heterocycles. The van der Waals surface area contributed by atoms with Crippen LogP contribution in [0.2, 0.25) is 0 Å². The molecule has 16 heavy (non-hydrogen) atoms. The van der Waals surface area contributed by atoms with Crippen molar-refractivity contribution in [1.29, 1.82) is 0 Å². The third kappa shape index (κ3) is 2.00. The molecule has 0 radical (unpaired) electrons. The zero-order chi connectivity index (χ0) is 11.8. The number of rotatable bonds is 1. The van der Waals surface area contributed by atoms with Crippen molar-refractivity contribution in [2.24, 2.45) is 0 Å². The number of nitrogens with two attached hydrogens (primary N) is 1. The van der Waals surface area contributed by atoms with Gasteiger partial charge in [-0.15, -0.1) is 13.2 Å². The Balaban J connectivity index is 2.58. The molecule has 0 amide bonds. The highest BCUT2D eigenvalue weighted by molar-refractivity contribution is 5.93. The minimum absolute atomic E-state index is 0.0971. The summed E-state index contributed by atoms with van der Waals surface area (Å²) in [4.78, 5) is 3.82. The zero-order valence-corrected chi connectivity index (χ0v) is 7.95. The molecule has 0 saturated carbocycles. The summed E-state index contributed by atoms with van der Waals surface area (Å²) in [5, 5.41) is 0.434. The molecule has 0 fully saturated rings. The number of nitrogen functional groups attached to an aromatic ring is 1.